The fraction of sp³-hybridized carbons (Fsp3) is 0.462. The van der Waals surface area contributed by atoms with Gasteiger partial charge in [-0.1, -0.05) is 6.92 Å². The van der Waals surface area contributed by atoms with E-state index in [0.29, 0.717) is 0 Å². The third-order valence-corrected chi connectivity index (χ3v) is 3.82. The zero-order valence-electron chi connectivity index (χ0n) is 10.6. The van der Waals surface area contributed by atoms with Crippen molar-refractivity contribution in [2.75, 3.05) is 6.54 Å². The van der Waals surface area contributed by atoms with Crippen molar-refractivity contribution in [3.8, 4) is 0 Å². The van der Waals surface area contributed by atoms with Gasteiger partial charge in [0, 0.05) is 21.5 Å². The minimum Gasteiger partial charge on any atom is -0.306 e. The Morgan fingerprint density at radius 3 is 2.82 bits per heavy atom. The van der Waals surface area contributed by atoms with Gasteiger partial charge in [-0.15, -0.1) is 11.3 Å². The minimum absolute atomic E-state index is 0.263. The first-order chi connectivity index (χ1) is 8.22. The molecule has 0 saturated carbocycles. The molecule has 2 heterocycles. The average Bonchev–Trinajstić information content (AvgIpc) is 2.90. The quantitative estimate of drug-likeness (QED) is 0.854. The fourth-order valence-corrected chi connectivity index (χ4v) is 3.02. The predicted octanol–water partition coefficient (Wildman–Crippen LogP) is 3.18. The van der Waals surface area contributed by atoms with Crippen molar-refractivity contribution in [1.29, 1.82) is 0 Å². The smallest absolute Gasteiger partial charge is 0.0618 e. The number of hydrogen-bond donors (Lipinski definition) is 2. The topological polar surface area (TPSA) is 40.7 Å². The number of thiophene rings is 1. The van der Waals surface area contributed by atoms with Gasteiger partial charge in [-0.2, -0.15) is 5.10 Å². The molecule has 0 aliphatic heterocycles. The molecule has 92 valence electrons. The van der Waals surface area contributed by atoms with Crippen LogP contribution in [0.25, 0.3) is 0 Å². The summed E-state index contributed by atoms with van der Waals surface area (Å²) < 4.78 is 0. The second-order valence-electron chi connectivity index (χ2n) is 4.29. The summed E-state index contributed by atoms with van der Waals surface area (Å²) >= 11 is 1.86. The molecule has 2 N–H and O–H groups in total. The molecule has 0 aliphatic carbocycles. The summed E-state index contributed by atoms with van der Waals surface area (Å²) in [6.45, 7) is 7.55. The monoisotopic (exact) mass is 249 g/mol. The van der Waals surface area contributed by atoms with Crippen LogP contribution < -0.4 is 5.32 Å². The highest BCUT2D eigenvalue weighted by Gasteiger charge is 2.18. The first-order valence-corrected chi connectivity index (χ1v) is 6.83. The van der Waals surface area contributed by atoms with Crippen molar-refractivity contribution in [3.63, 3.8) is 0 Å². The first-order valence-electron chi connectivity index (χ1n) is 6.01. The lowest BCUT2D eigenvalue weighted by Gasteiger charge is -2.17. The van der Waals surface area contributed by atoms with E-state index in [9.17, 15) is 0 Å². The normalized spacial score (nSPS) is 12.9. The van der Waals surface area contributed by atoms with Crippen LogP contribution in [0, 0.1) is 13.8 Å². The molecule has 1 unspecified atom stereocenters. The van der Waals surface area contributed by atoms with Crippen LogP contribution in [0.15, 0.2) is 18.5 Å². The fourth-order valence-electron chi connectivity index (χ4n) is 2.05. The van der Waals surface area contributed by atoms with Gasteiger partial charge in [-0.3, -0.25) is 5.10 Å². The second kappa shape index (κ2) is 5.47. The Morgan fingerprint density at radius 1 is 1.47 bits per heavy atom. The molecular weight excluding hydrogens is 230 g/mol. The van der Waals surface area contributed by atoms with Crippen molar-refractivity contribution in [2.45, 2.75) is 33.2 Å². The number of nitrogens with one attached hydrogen (secondary N) is 2. The first kappa shape index (κ1) is 12.3. The summed E-state index contributed by atoms with van der Waals surface area (Å²) in [5, 5.41) is 10.5. The SMILES string of the molecule is CCCNC(c1cn[nH]c1)c1cc(C)sc1C. The molecule has 3 nitrogen and oxygen atoms in total. The largest absolute Gasteiger partial charge is 0.306 e. The van der Waals surface area contributed by atoms with Crippen molar-refractivity contribution >= 4 is 11.3 Å². The maximum absolute atomic E-state index is 4.05. The highest BCUT2D eigenvalue weighted by atomic mass is 32.1. The van der Waals surface area contributed by atoms with Gasteiger partial charge in [0.1, 0.15) is 0 Å². The van der Waals surface area contributed by atoms with E-state index < -0.39 is 0 Å². The Kier molecular flexibility index (Phi) is 3.97. The summed E-state index contributed by atoms with van der Waals surface area (Å²) in [5.74, 6) is 0. The highest BCUT2D eigenvalue weighted by Crippen LogP contribution is 2.30. The van der Waals surface area contributed by atoms with E-state index in [4.69, 9.17) is 0 Å². The van der Waals surface area contributed by atoms with E-state index in [2.05, 4.69) is 42.4 Å². The molecule has 2 rings (SSSR count). The number of aromatic nitrogens is 2. The number of aryl methyl sites for hydroxylation is 2. The Hall–Kier alpha value is -1.13. The molecule has 0 bridgehead atoms. The molecule has 4 heteroatoms. The molecule has 0 saturated heterocycles. The van der Waals surface area contributed by atoms with Crippen LogP contribution in [0.2, 0.25) is 0 Å². The van der Waals surface area contributed by atoms with E-state index in [1.54, 1.807) is 0 Å². The van der Waals surface area contributed by atoms with Gasteiger partial charge in [0.2, 0.25) is 0 Å². The van der Waals surface area contributed by atoms with Gasteiger partial charge in [-0.25, -0.2) is 0 Å². The molecule has 0 aromatic carbocycles. The number of hydrogen-bond acceptors (Lipinski definition) is 3. The summed E-state index contributed by atoms with van der Waals surface area (Å²) in [6.07, 6.45) is 5.01. The zero-order valence-corrected chi connectivity index (χ0v) is 11.4. The molecule has 2 aromatic rings. The summed E-state index contributed by atoms with van der Waals surface area (Å²) in [7, 11) is 0. The van der Waals surface area contributed by atoms with E-state index in [1.807, 2.05) is 23.7 Å². The van der Waals surface area contributed by atoms with Gasteiger partial charge in [0.05, 0.1) is 12.2 Å². The van der Waals surface area contributed by atoms with Crippen LogP contribution >= 0.6 is 11.3 Å². The Balaban J connectivity index is 2.30. The van der Waals surface area contributed by atoms with E-state index in [-0.39, 0.29) is 6.04 Å². The highest BCUT2D eigenvalue weighted by molar-refractivity contribution is 7.12. The Bertz CT molecular complexity index is 459. The lowest BCUT2D eigenvalue weighted by molar-refractivity contribution is 0.598. The molecular formula is C13H19N3S. The lowest BCUT2D eigenvalue weighted by Crippen LogP contribution is -2.22. The summed E-state index contributed by atoms with van der Waals surface area (Å²) in [4.78, 5) is 2.75. The second-order valence-corrected chi connectivity index (χ2v) is 5.75. The van der Waals surface area contributed by atoms with Crippen LogP contribution in [0.1, 0.15) is 40.3 Å². The van der Waals surface area contributed by atoms with Gasteiger partial charge in [0.25, 0.3) is 0 Å². The van der Waals surface area contributed by atoms with Gasteiger partial charge < -0.3 is 5.32 Å². The molecule has 0 radical (unpaired) electrons. The predicted molar refractivity (Wildman–Crippen MR) is 72.5 cm³/mol. The third-order valence-electron chi connectivity index (χ3n) is 2.84. The Labute approximate surface area is 106 Å². The molecule has 0 fully saturated rings. The zero-order chi connectivity index (χ0) is 12.3. The van der Waals surface area contributed by atoms with Crippen LogP contribution in [0.5, 0.6) is 0 Å². The molecule has 0 aliphatic rings. The van der Waals surface area contributed by atoms with Gasteiger partial charge in [0.15, 0.2) is 0 Å². The van der Waals surface area contributed by atoms with Crippen LogP contribution in [0.3, 0.4) is 0 Å². The van der Waals surface area contributed by atoms with E-state index in [1.165, 1.54) is 20.9 Å². The van der Waals surface area contributed by atoms with Crippen molar-refractivity contribution in [1.82, 2.24) is 15.5 Å². The van der Waals surface area contributed by atoms with Gasteiger partial charge >= 0.3 is 0 Å². The number of aromatic amines is 1. The van der Waals surface area contributed by atoms with E-state index >= 15 is 0 Å². The Morgan fingerprint density at radius 2 is 2.29 bits per heavy atom. The summed E-state index contributed by atoms with van der Waals surface area (Å²) in [6, 6.07) is 2.54. The summed E-state index contributed by atoms with van der Waals surface area (Å²) in [5.41, 5.74) is 2.58. The molecule has 0 spiro atoms. The number of nitrogens with zero attached hydrogens (tertiary/aromatic N) is 1. The van der Waals surface area contributed by atoms with Crippen molar-refractivity contribution < 1.29 is 0 Å². The minimum atomic E-state index is 0.263. The van der Waals surface area contributed by atoms with Crippen LogP contribution in [0.4, 0.5) is 0 Å². The average molecular weight is 249 g/mol. The van der Waals surface area contributed by atoms with E-state index in [0.717, 1.165) is 13.0 Å². The van der Waals surface area contributed by atoms with Crippen molar-refractivity contribution in [2.24, 2.45) is 0 Å². The maximum Gasteiger partial charge on any atom is 0.0618 e. The number of rotatable bonds is 5. The maximum atomic E-state index is 4.05. The lowest BCUT2D eigenvalue weighted by atomic mass is 10.0. The standard InChI is InChI=1S/C13H19N3S/c1-4-5-14-13(11-7-15-16-8-11)12-6-9(2)17-10(12)3/h6-8,13-14H,4-5H2,1-3H3,(H,15,16). The van der Waals surface area contributed by atoms with Crippen LogP contribution in [-0.2, 0) is 0 Å². The molecule has 1 atom stereocenters. The molecule has 0 amide bonds. The third kappa shape index (κ3) is 2.76. The van der Waals surface area contributed by atoms with Crippen LogP contribution in [-0.4, -0.2) is 16.7 Å². The van der Waals surface area contributed by atoms with Crippen molar-refractivity contribution in [3.05, 3.63) is 39.3 Å². The molecule has 2 aromatic heterocycles. The molecule has 17 heavy (non-hydrogen) atoms. The number of H-pyrrole nitrogens is 1. The van der Waals surface area contributed by atoms with Gasteiger partial charge in [-0.05, 0) is 38.4 Å².